The fourth-order valence-corrected chi connectivity index (χ4v) is 2.53. The Bertz CT molecular complexity index is 841. The summed E-state index contributed by atoms with van der Waals surface area (Å²) in [6, 6.07) is 12.1. The van der Waals surface area contributed by atoms with Gasteiger partial charge in [-0.05, 0) is 35.2 Å². The predicted octanol–water partition coefficient (Wildman–Crippen LogP) is 1.80. The van der Waals surface area contributed by atoms with Gasteiger partial charge in [0.2, 0.25) is 5.91 Å². The van der Waals surface area contributed by atoms with E-state index in [1.807, 2.05) is 24.3 Å². The van der Waals surface area contributed by atoms with Gasteiger partial charge in [0.25, 0.3) is 0 Å². The number of rotatable bonds is 7. The molecule has 0 atom stereocenters. The zero-order chi connectivity index (χ0) is 19.8. The van der Waals surface area contributed by atoms with E-state index in [4.69, 9.17) is 17.3 Å². The Morgan fingerprint density at radius 1 is 0.963 bits per heavy atom. The number of aryl methyl sites for hydroxylation is 1. The molecule has 0 spiro atoms. The summed E-state index contributed by atoms with van der Waals surface area (Å²) < 4.78 is 13.2. The van der Waals surface area contributed by atoms with Crippen LogP contribution in [0, 0.1) is 5.82 Å². The van der Waals surface area contributed by atoms with Crippen molar-refractivity contribution < 1.29 is 18.8 Å². The molecule has 2 aromatic carbocycles. The molecule has 0 aromatic heterocycles. The second-order valence-corrected chi connectivity index (χ2v) is 6.20. The molecule has 4 N–H and O–H groups in total. The minimum atomic E-state index is -1.06. The number of nitrogens with one attached hydrogen (secondary N) is 2. The predicted molar refractivity (Wildman–Crippen MR) is 100 cm³/mol. The van der Waals surface area contributed by atoms with Gasteiger partial charge in [0.05, 0.1) is 5.02 Å². The van der Waals surface area contributed by atoms with Gasteiger partial charge < -0.3 is 16.4 Å². The molecule has 142 valence electrons. The number of carbonyl (C=O) groups excluding carboxylic acids is 3. The van der Waals surface area contributed by atoms with Crippen LogP contribution in [0.2, 0.25) is 5.02 Å². The van der Waals surface area contributed by atoms with Gasteiger partial charge in [0, 0.05) is 19.5 Å². The van der Waals surface area contributed by atoms with Crippen LogP contribution in [0.15, 0.2) is 42.5 Å². The molecule has 0 radical (unpaired) electrons. The highest BCUT2D eigenvalue weighted by Gasteiger charge is 2.08. The quantitative estimate of drug-likeness (QED) is 0.495. The zero-order valence-electron chi connectivity index (χ0n) is 14.4. The Morgan fingerprint density at radius 3 is 2.22 bits per heavy atom. The SMILES string of the molecule is NC(=O)C(=O)NCCNC(=O)CCc1ccc(-c2ccc(F)c(Cl)c2)cc1. The summed E-state index contributed by atoms with van der Waals surface area (Å²) in [5.74, 6) is -2.57. The first-order valence-corrected chi connectivity index (χ1v) is 8.63. The Labute approximate surface area is 160 Å². The van der Waals surface area contributed by atoms with E-state index >= 15 is 0 Å². The Balaban J connectivity index is 1.77. The van der Waals surface area contributed by atoms with E-state index in [2.05, 4.69) is 10.6 Å². The van der Waals surface area contributed by atoms with Crippen LogP contribution in [0.5, 0.6) is 0 Å². The molecule has 2 aromatic rings. The largest absolute Gasteiger partial charge is 0.361 e. The molecule has 0 aliphatic heterocycles. The maximum atomic E-state index is 13.2. The van der Waals surface area contributed by atoms with Crippen molar-refractivity contribution in [1.82, 2.24) is 10.6 Å². The topological polar surface area (TPSA) is 101 Å². The average molecular weight is 392 g/mol. The molecular weight excluding hydrogens is 373 g/mol. The van der Waals surface area contributed by atoms with Crippen LogP contribution in [-0.4, -0.2) is 30.8 Å². The molecule has 0 saturated carbocycles. The zero-order valence-corrected chi connectivity index (χ0v) is 15.2. The van der Waals surface area contributed by atoms with E-state index in [0.29, 0.717) is 6.42 Å². The Morgan fingerprint density at radius 2 is 1.59 bits per heavy atom. The number of primary amides is 1. The van der Waals surface area contributed by atoms with Gasteiger partial charge in [-0.2, -0.15) is 0 Å². The van der Waals surface area contributed by atoms with Crippen LogP contribution in [-0.2, 0) is 20.8 Å². The standard InChI is InChI=1S/C19H19ClFN3O3/c20-15-11-14(6-7-16(15)21)13-4-1-12(2-5-13)3-8-17(25)23-9-10-24-19(27)18(22)26/h1-2,4-7,11H,3,8-10H2,(H2,22,26)(H,23,25)(H,24,27). The lowest BCUT2D eigenvalue weighted by molar-refractivity contribution is -0.137. The third kappa shape index (κ3) is 6.38. The van der Waals surface area contributed by atoms with Gasteiger partial charge in [-0.15, -0.1) is 0 Å². The number of halogens is 2. The first-order valence-electron chi connectivity index (χ1n) is 8.25. The maximum Gasteiger partial charge on any atom is 0.309 e. The van der Waals surface area contributed by atoms with Crippen LogP contribution in [0.25, 0.3) is 11.1 Å². The Hall–Kier alpha value is -2.93. The number of carbonyl (C=O) groups is 3. The molecule has 0 fully saturated rings. The highest BCUT2D eigenvalue weighted by Crippen LogP contribution is 2.25. The molecular formula is C19H19ClFN3O3. The summed E-state index contributed by atoms with van der Waals surface area (Å²) in [5.41, 5.74) is 7.47. The summed E-state index contributed by atoms with van der Waals surface area (Å²) in [4.78, 5) is 33.3. The van der Waals surface area contributed by atoms with E-state index in [-0.39, 0.29) is 30.4 Å². The molecule has 8 heteroatoms. The molecule has 0 aliphatic carbocycles. The van der Waals surface area contributed by atoms with Gasteiger partial charge in [0.15, 0.2) is 0 Å². The van der Waals surface area contributed by atoms with Crippen molar-refractivity contribution in [2.45, 2.75) is 12.8 Å². The van der Waals surface area contributed by atoms with E-state index in [1.165, 1.54) is 6.07 Å². The van der Waals surface area contributed by atoms with E-state index in [0.717, 1.165) is 16.7 Å². The number of hydrogen-bond acceptors (Lipinski definition) is 3. The summed E-state index contributed by atoms with van der Waals surface area (Å²) in [5, 5.41) is 4.99. The van der Waals surface area contributed by atoms with Gasteiger partial charge >= 0.3 is 11.8 Å². The van der Waals surface area contributed by atoms with Crippen LogP contribution < -0.4 is 16.4 Å². The highest BCUT2D eigenvalue weighted by molar-refractivity contribution is 6.34. The molecule has 0 unspecified atom stereocenters. The normalized spacial score (nSPS) is 10.3. The molecule has 3 amide bonds. The maximum absolute atomic E-state index is 13.2. The first kappa shape index (κ1) is 20.4. The van der Waals surface area contributed by atoms with Gasteiger partial charge in [-0.3, -0.25) is 14.4 Å². The number of nitrogens with two attached hydrogens (primary N) is 1. The van der Waals surface area contributed by atoms with Gasteiger partial charge in [-0.1, -0.05) is 41.9 Å². The van der Waals surface area contributed by atoms with Gasteiger partial charge in [-0.25, -0.2) is 4.39 Å². The lowest BCUT2D eigenvalue weighted by atomic mass is 10.0. The van der Waals surface area contributed by atoms with Crippen LogP contribution in [0.3, 0.4) is 0 Å². The molecule has 0 heterocycles. The molecule has 6 nitrogen and oxygen atoms in total. The van der Waals surface area contributed by atoms with Crippen LogP contribution >= 0.6 is 11.6 Å². The fourth-order valence-electron chi connectivity index (χ4n) is 2.35. The van der Waals surface area contributed by atoms with Crippen molar-refractivity contribution in [3.05, 3.63) is 58.9 Å². The van der Waals surface area contributed by atoms with E-state index < -0.39 is 17.6 Å². The van der Waals surface area contributed by atoms with Crippen molar-refractivity contribution in [2.75, 3.05) is 13.1 Å². The van der Waals surface area contributed by atoms with Crippen molar-refractivity contribution in [1.29, 1.82) is 0 Å². The molecule has 0 saturated heterocycles. The third-order valence-corrected chi connectivity index (χ3v) is 4.09. The summed E-state index contributed by atoms with van der Waals surface area (Å²) in [6.45, 7) is 0.338. The summed E-state index contributed by atoms with van der Waals surface area (Å²) in [6.07, 6.45) is 0.829. The Kier molecular flexibility index (Phi) is 7.31. The minimum Gasteiger partial charge on any atom is -0.361 e. The summed E-state index contributed by atoms with van der Waals surface area (Å²) >= 11 is 5.80. The molecule has 27 heavy (non-hydrogen) atoms. The van der Waals surface area contributed by atoms with Crippen LogP contribution in [0.1, 0.15) is 12.0 Å². The smallest absolute Gasteiger partial charge is 0.309 e. The van der Waals surface area contributed by atoms with Crippen LogP contribution in [0.4, 0.5) is 4.39 Å². The lowest BCUT2D eigenvalue weighted by Gasteiger charge is -2.07. The van der Waals surface area contributed by atoms with E-state index in [1.54, 1.807) is 12.1 Å². The van der Waals surface area contributed by atoms with Crippen molar-refractivity contribution >= 4 is 29.3 Å². The number of hydrogen-bond donors (Lipinski definition) is 3. The monoisotopic (exact) mass is 391 g/mol. The number of benzene rings is 2. The first-order chi connectivity index (χ1) is 12.9. The second kappa shape index (κ2) is 9.68. The van der Waals surface area contributed by atoms with Gasteiger partial charge in [0.1, 0.15) is 5.82 Å². The minimum absolute atomic E-state index is 0.0697. The number of amides is 3. The average Bonchev–Trinajstić information content (AvgIpc) is 2.66. The molecule has 0 bridgehead atoms. The molecule has 0 aliphatic rings. The lowest BCUT2D eigenvalue weighted by Crippen LogP contribution is -2.40. The van der Waals surface area contributed by atoms with Crippen molar-refractivity contribution in [3.63, 3.8) is 0 Å². The van der Waals surface area contributed by atoms with Crippen molar-refractivity contribution in [3.8, 4) is 11.1 Å². The van der Waals surface area contributed by atoms with Crippen molar-refractivity contribution in [2.24, 2.45) is 5.73 Å². The summed E-state index contributed by atoms with van der Waals surface area (Å²) in [7, 11) is 0. The highest BCUT2D eigenvalue weighted by atomic mass is 35.5. The van der Waals surface area contributed by atoms with E-state index in [9.17, 15) is 18.8 Å². The second-order valence-electron chi connectivity index (χ2n) is 5.80. The third-order valence-electron chi connectivity index (χ3n) is 3.80. The fraction of sp³-hybridized carbons (Fsp3) is 0.211. The molecule has 2 rings (SSSR count).